The lowest BCUT2D eigenvalue weighted by Gasteiger charge is -2.12. The fourth-order valence-corrected chi connectivity index (χ4v) is 1.74. The summed E-state index contributed by atoms with van der Waals surface area (Å²) in [5, 5.41) is 0. The van der Waals surface area contributed by atoms with Crippen LogP contribution in [0.1, 0.15) is 25.5 Å². The van der Waals surface area contributed by atoms with E-state index >= 15 is 0 Å². The molecule has 0 aliphatic heterocycles. The molecular weight excluding hydrogens is 240 g/mol. The molecule has 0 fully saturated rings. The number of hydrogen-bond donors (Lipinski definition) is 1. The highest BCUT2D eigenvalue weighted by molar-refractivity contribution is 5.37. The Morgan fingerprint density at radius 3 is 2.74 bits per heavy atom. The monoisotopic (exact) mass is 258 g/mol. The summed E-state index contributed by atoms with van der Waals surface area (Å²) in [5.41, 5.74) is 6.78. The molecule has 0 saturated carbocycles. The van der Waals surface area contributed by atoms with E-state index in [2.05, 4.69) is 4.98 Å². The predicted octanol–water partition coefficient (Wildman–Crippen LogP) is 3.29. The van der Waals surface area contributed by atoms with Crippen LogP contribution in [0, 0.1) is 0 Å². The molecule has 2 rings (SSSR count). The predicted molar refractivity (Wildman–Crippen MR) is 74.5 cm³/mol. The van der Waals surface area contributed by atoms with Gasteiger partial charge in [-0.15, -0.1) is 0 Å². The first kappa shape index (κ1) is 13.4. The van der Waals surface area contributed by atoms with Crippen molar-refractivity contribution >= 4 is 0 Å². The van der Waals surface area contributed by atoms with E-state index in [4.69, 9.17) is 15.2 Å². The van der Waals surface area contributed by atoms with Gasteiger partial charge in [0, 0.05) is 23.9 Å². The van der Waals surface area contributed by atoms with Crippen molar-refractivity contribution in [2.24, 2.45) is 5.73 Å². The summed E-state index contributed by atoms with van der Waals surface area (Å²) in [5.74, 6) is 2.00. The van der Waals surface area contributed by atoms with Crippen molar-refractivity contribution in [2.75, 3.05) is 6.61 Å². The quantitative estimate of drug-likeness (QED) is 0.894. The standard InChI is InChI=1S/C15H18N2O2/c1-3-18-12-6-4-7-13(10-12)19-15-14(11(2)16)8-5-9-17-15/h4-11H,3,16H2,1-2H3/t11-/m0/s1. The third kappa shape index (κ3) is 3.45. The van der Waals surface area contributed by atoms with E-state index in [1.54, 1.807) is 6.20 Å². The van der Waals surface area contributed by atoms with Crippen LogP contribution in [0.5, 0.6) is 17.4 Å². The van der Waals surface area contributed by atoms with Gasteiger partial charge in [-0.2, -0.15) is 0 Å². The van der Waals surface area contributed by atoms with Crippen molar-refractivity contribution in [3.8, 4) is 17.4 Å². The summed E-state index contributed by atoms with van der Waals surface area (Å²) in [6.07, 6.45) is 1.69. The van der Waals surface area contributed by atoms with Gasteiger partial charge in [0.1, 0.15) is 11.5 Å². The summed E-state index contributed by atoms with van der Waals surface area (Å²) in [7, 11) is 0. The zero-order valence-corrected chi connectivity index (χ0v) is 11.2. The zero-order valence-electron chi connectivity index (χ0n) is 11.2. The van der Waals surface area contributed by atoms with Gasteiger partial charge in [0.05, 0.1) is 6.61 Å². The third-order valence-electron chi connectivity index (χ3n) is 2.62. The van der Waals surface area contributed by atoms with Crippen molar-refractivity contribution in [1.82, 2.24) is 4.98 Å². The molecule has 0 saturated heterocycles. The molecule has 1 heterocycles. The molecule has 2 aromatic rings. The number of aromatic nitrogens is 1. The largest absolute Gasteiger partial charge is 0.494 e. The molecule has 0 radical (unpaired) electrons. The van der Waals surface area contributed by atoms with Gasteiger partial charge in [-0.1, -0.05) is 12.1 Å². The van der Waals surface area contributed by atoms with Crippen LogP contribution < -0.4 is 15.2 Å². The number of nitrogens with zero attached hydrogens (tertiary/aromatic N) is 1. The van der Waals surface area contributed by atoms with Crippen LogP contribution in [-0.2, 0) is 0 Å². The molecule has 0 aliphatic carbocycles. The molecule has 19 heavy (non-hydrogen) atoms. The minimum Gasteiger partial charge on any atom is -0.494 e. The Kier molecular flexibility index (Phi) is 4.36. The second kappa shape index (κ2) is 6.20. The van der Waals surface area contributed by atoms with Gasteiger partial charge >= 0.3 is 0 Å². The average Bonchev–Trinajstić information content (AvgIpc) is 2.40. The summed E-state index contributed by atoms with van der Waals surface area (Å²) in [6.45, 7) is 4.47. The fraction of sp³-hybridized carbons (Fsp3) is 0.267. The van der Waals surface area contributed by atoms with Gasteiger partial charge in [0.15, 0.2) is 0 Å². The van der Waals surface area contributed by atoms with Gasteiger partial charge in [-0.3, -0.25) is 0 Å². The van der Waals surface area contributed by atoms with Gasteiger partial charge in [-0.05, 0) is 32.0 Å². The molecule has 0 bridgehead atoms. The number of rotatable bonds is 5. The molecule has 0 unspecified atom stereocenters. The van der Waals surface area contributed by atoms with Crippen LogP contribution in [0.15, 0.2) is 42.6 Å². The molecule has 0 spiro atoms. The van der Waals surface area contributed by atoms with E-state index in [9.17, 15) is 0 Å². The topological polar surface area (TPSA) is 57.4 Å². The van der Waals surface area contributed by atoms with Crippen LogP contribution in [0.2, 0.25) is 0 Å². The highest BCUT2D eigenvalue weighted by atomic mass is 16.5. The molecule has 1 aromatic carbocycles. The van der Waals surface area contributed by atoms with Gasteiger partial charge in [0.2, 0.25) is 5.88 Å². The Bertz CT molecular complexity index is 541. The molecule has 4 heteroatoms. The van der Waals surface area contributed by atoms with E-state index in [-0.39, 0.29) is 6.04 Å². The lowest BCUT2D eigenvalue weighted by molar-refractivity contribution is 0.337. The van der Waals surface area contributed by atoms with E-state index < -0.39 is 0 Å². The number of ether oxygens (including phenoxy) is 2. The number of benzene rings is 1. The maximum Gasteiger partial charge on any atom is 0.223 e. The Morgan fingerprint density at radius 1 is 1.21 bits per heavy atom. The second-order valence-electron chi connectivity index (χ2n) is 4.20. The zero-order chi connectivity index (χ0) is 13.7. The lowest BCUT2D eigenvalue weighted by Crippen LogP contribution is -2.07. The number of pyridine rings is 1. The van der Waals surface area contributed by atoms with Gasteiger partial charge in [-0.25, -0.2) is 4.98 Å². The Labute approximate surface area is 113 Å². The lowest BCUT2D eigenvalue weighted by atomic mass is 10.1. The summed E-state index contributed by atoms with van der Waals surface area (Å²) in [4.78, 5) is 4.23. The van der Waals surface area contributed by atoms with Crippen LogP contribution in [0.25, 0.3) is 0 Å². The number of hydrogen-bond acceptors (Lipinski definition) is 4. The highest BCUT2D eigenvalue weighted by Gasteiger charge is 2.10. The molecule has 1 aromatic heterocycles. The Hall–Kier alpha value is -2.07. The minimum absolute atomic E-state index is 0.126. The van der Waals surface area contributed by atoms with Crippen molar-refractivity contribution in [2.45, 2.75) is 19.9 Å². The maximum atomic E-state index is 5.90. The first-order chi connectivity index (χ1) is 9.20. The van der Waals surface area contributed by atoms with E-state index in [0.29, 0.717) is 18.2 Å². The highest BCUT2D eigenvalue weighted by Crippen LogP contribution is 2.28. The van der Waals surface area contributed by atoms with Crippen LogP contribution in [0.3, 0.4) is 0 Å². The molecule has 0 amide bonds. The minimum atomic E-state index is -0.126. The summed E-state index contributed by atoms with van der Waals surface area (Å²) >= 11 is 0. The second-order valence-corrected chi connectivity index (χ2v) is 4.20. The Balaban J connectivity index is 2.23. The molecule has 1 atom stereocenters. The maximum absolute atomic E-state index is 5.90. The summed E-state index contributed by atoms with van der Waals surface area (Å²) < 4.78 is 11.2. The van der Waals surface area contributed by atoms with Crippen LogP contribution in [0.4, 0.5) is 0 Å². The average molecular weight is 258 g/mol. The van der Waals surface area contributed by atoms with Crippen molar-refractivity contribution < 1.29 is 9.47 Å². The van der Waals surface area contributed by atoms with Crippen molar-refractivity contribution in [1.29, 1.82) is 0 Å². The van der Waals surface area contributed by atoms with E-state index in [0.717, 1.165) is 11.3 Å². The molecule has 4 nitrogen and oxygen atoms in total. The van der Waals surface area contributed by atoms with Crippen LogP contribution in [-0.4, -0.2) is 11.6 Å². The molecule has 0 aliphatic rings. The van der Waals surface area contributed by atoms with Crippen molar-refractivity contribution in [3.63, 3.8) is 0 Å². The van der Waals surface area contributed by atoms with Gasteiger partial charge in [0.25, 0.3) is 0 Å². The van der Waals surface area contributed by atoms with Gasteiger partial charge < -0.3 is 15.2 Å². The third-order valence-corrected chi connectivity index (χ3v) is 2.62. The van der Waals surface area contributed by atoms with E-state index in [1.807, 2.05) is 50.2 Å². The normalized spacial score (nSPS) is 11.9. The molecular formula is C15H18N2O2. The van der Waals surface area contributed by atoms with Crippen LogP contribution >= 0.6 is 0 Å². The summed E-state index contributed by atoms with van der Waals surface area (Å²) in [6, 6.07) is 11.1. The first-order valence-electron chi connectivity index (χ1n) is 6.32. The first-order valence-corrected chi connectivity index (χ1v) is 6.32. The molecule has 100 valence electrons. The van der Waals surface area contributed by atoms with Crippen molar-refractivity contribution in [3.05, 3.63) is 48.2 Å². The number of nitrogens with two attached hydrogens (primary N) is 1. The van der Waals surface area contributed by atoms with E-state index in [1.165, 1.54) is 0 Å². The smallest absolute Gasteiger partial charge is 0.223 e. The molecule has 2 N–H and O–H groups in total. The Morgan fingerprint density at radius 2 is 2.00 bits per heavy atom. The SMILES string of the molecule is CCOc1cccc(Oc2ncccc2[C@H](C)N)c1. The fourth-order valence-electron chi connectivity index (χ4n) is 1.74.